The maximum absolute atomic E-state index is 13.0. The minimum atomic E-state index is -2.23. The van der Waals surface area contributed by atoms with Gasteiger partial charge in [-0.25, -0.2) is 0 Å². The summed E-state index contributed by atoms with van der Waals surface area (Å²) in [5.41, 5.74) is 0. The first-order chi connectivity index (χ1) is 32.1. The molecule has 0 bridgehead atoms. The molecule has 6 aliphatic heterocycles. The van der Waals surface area contributed by atoms with Gasteiger partial charge in [-0.15, -0.1) is 0 Å². The Morgan fingerprint density at radius 3 is 1.25 bits per heavy atom. The van der Waals surface area contributed by atoms with E-state index >= 15 is 0 Å². The first-order valence-corrected chi connectivity index (χ1v) is 21.8. The van der Waals surface area contributed by atoms with Crippen LogP contribution in [0.25, 0.3) is 0 Å². The Bertz CT molecular complexity index is 1590. The minimum Gasteiger partial charge on any atom is -0.394 e. The maximum atomic E-state index is 13.0. The number of amides is 1. The van der Waals surface area contributed by atoms with Crippen LogP contribution in [-0.2, 0) is 56.9 Å². The van der Waals surface area contributed by atoms with Crippen molar-refractivity contribution in [2.24, 2.45) is 0 Å². The van der Waals surface area contributed by atoms with Gasteiger partial charge in [0.05, 0.1) is 38.6 Å². The summed E-state index contributed by atoms with van der Waals surface area (Å²) in [5, 5.41) is 183. The summed E-state index contributed by atoms with van der Waals surface area (Å²) in [5.74, 6) is -0.879. The molecule has 0 aromatic carbocycles. The van der Waals surface area contributed by atoms with Crippen LogP contribution in [0.15, 0.2) is 0 Å². The third-order valence-electron chi connectivity index (χ3n) is 12.8. The zero-order chi connectivity index (χ0) is 50.2. The normalized spacial score (nSPS) is 52.6. The molecule has 18 N–H and O–H groups in total. The van der Waals surface area contributed by atoms with E-state index in [9.17, 15) is 91.6 Å². The molecule has 68 heavy (non-hydrogen) atoms. The van der Waals surface area contributed by atoms with Gasteiger partial charge in [0, 0.05) is 6.92 Å². The molecule has 6 heterocycles. The number of hydrogen-bond donors (Lipinski definition) is 18. The second kappa shape index (κ2) is 23.5. The van der Waals surface area contributed by atoms with Gasteiger partial charge < -0.3 is 144 Å². The third kappa shape index (κ3) is 11.4. The number of nitrogens with one attached hydrogen (secondary N) is 1. The number of aliphatic hydroxyl groups is 17. The van der Waals surface area contributed by atoms with Crippen molar-refractivity contribution in [3.8, 4) is 0 Å². The zero-order valence-corrected chi connectivity index (χ0v) is 36.7. The fraction of sp³-hybridized carbons (Fsp3) is 0.974. The predicted octanol–water partition coefficient (Wildman–Crippen LogP) is -11.9. The van der Waals surface area contributed by atoms with Gasteiger partial charge in [-0.05, 0) is 13.8 Å². The van der Waals surface area contributed by atoms with Gasteiger partial charge in [0.2, 0.25) is 5.91 Å². The first-order valence-electron chi connectivity index (χ1n) is 21.8. The van der Waals surface area contributed by atoms with Crippen LogP contribution in [0, 0.1) is 0 Å². The van der Waals surface area contributed by atoms with Crippen LogP contribution < -0.4 is 5.32 Å². The Morgan fingerprint density at radius 2 is 0.750 bits per heavy atom. The van der Waals surface area contributed by atoms with Crippen LogP contribution in [0.5, 0.6) is 0 Å². The summed E-state index contributed by atoms with van der Waals surface area (Å²) in [4.78, 5) is 13.0. The number of aliphatic hydroxyl groups excluding tert-OH is 17. The largest absolute Gasteiger partial charge is 0.394 e. The fourth-order valence-corrected chi connectivity index (χ4v) is 8.80. The molecule has 6 fully saturated rings. The Balaban J connectivity index is 1.40. The molecule has 396 valence electrons. The van der Waals surface area contributed by atoms with Gasteiger partial charge in [-0.1, -0.05) is 0 Å². The number of carbonyl (C=O) groups is 1. The molecule has 6 saturated heterocycles. The molecule has 0 aliphatic carbocycles. The SMILES string of the molecule is CC(=O)N[C@H]1[C@H](O[C@@H]2[C@H](O[C@@H]3O[C@@H](C)[C@@H](O)[C@@H](O)[C@@H]3O)[C@@H](O)[C@H](O[C@H]3[C@H](O)[C@@H](O)[C@@H](O)O[C@@H]3CO)O[C@@H]2CO)O[C@H](CO)[C@@H](O[C@@H]2O[C@@H](C)[C@@H](O)[C@@H](O)[C@@H]2O)[C@@H]1O[C@H]1O[C@H](CO)[C@H](O)[C@H](O)[C@H]1O. The smallest absolute Gasteiger partial charge is 0.217 e. The Morgan fingerprint density at radius 1 is 0.382 bits per heavy atom. The lowest BCUT2D eigenvalue weighted by atomic mass is 9.93. The van der Waals surface area contributed by atoms with E-state index in [0.717, 1.165) is 6.92 Å². The van der Waals surface area contributed by atoms with Crippen molar-refractivity contribution >= 4 is 5.91 Å². The quantitative estimate of drug-likeness (QED) is 0.0724. The molecule has 6 aliphatic rings. The molecule has 0 aromatic rings. The summed E-state index contributed by atoms with van der Waals surface area (Å²) in [6.45, 7) is -0.382. The van der Waals surface area contributed by atoms with Crippen molar-refractivity contribution in [1.29, 1.82) is 0 Å². The molecule has 1 amide bonds. The molecule has 0 unspecified atom stereocenters. The van der Waals surface area contributed by atoms with E-state index in [-0.39, 0.29) is 0 Å². The lowest BCUT2D eigenvalue weighted by Gasteiger charge is -2.52. The molecular weight excluding hydrogens is 934 g/mol. The van der Waals surface area contributed by atoms with Crippen molar-refractivity contribution < 1.29 is 144 Å². The fourth-order valence-electron chi connectivity index (χ4n) is 8.80. The highest BCUT2D eigenvalue weighted by atomic mass is 16.8. The van der Waals surface area contributed by atoms with Gasteiger partial charge in [-0.2, -0.15) is 0 Å². The van der Waals surface area contributed by atoms with Crippen LogP contribution in [0.1, 0.15) is 20.8 Å². The van der Waals surface area contributed by atoms with Crippen LogP contribution in [0.2, 0.25) is 0 Å². The zero-order valence-electron chi connectivity index (χ0n) is 36.7. The number of carbonyl (C=O) groups excluding carboxylic acids is 1. The van der Waals surface area contributed by atoms with Crippen molar-refractivity contribution in [3.05, 3.63) is 0 Å². The molecule has 0 aromatic heterocycles. The number of hydrogen-bond acceptors (Lipinski definition) is 29. The highest BCUT2D eigenvalue weighted by Gasteiger charge is 2.59. The standard InChI is InChI=1S/C38H65NO29/c1-8-16(45)19(48)24(53)35(58-8)66-29-13(6-42)62-34(15(39-10(3)44)31(29)67-37-26(55)21(50)18(47)11(4-40)61-37)65-30-14(7-43)63-38(64-28-12(5-41)60-33(57)23(52)22(28)51)27(56)32(30)68-36-25(54)20(49)17(46)9(2)59-36/h8-9,11-38,40-43,45-57H,4-7H2,1-3H3,(H,39,44)/t8-,9-,11+,12+,13+,14+,15+,16+,17+,18-,19+,20+,21-,22+,23+,24-,25-,26+,27+,28+,29+,30-,31+,32+,33-,34-,35-,36-,37+,38-/m0/s1. The van der Waals surface area contributed by atoms with E-state index in [2.05, 4.69) is 5.32 Å². The van der Waals surface area contributed by atoms with Crippen LogP contribution in [0.3, 0.4) is 0 Å². The molecule has 30 atom stereocenters. The Kier molecular flexibility index (Phi) is 19.2. The van der Waals surface area contributed by atoms with Crippen LogP contribution in [0.4, 0.5) is 0 Å². The van der Waals surface area contributed by atoms with E-state index < -0.39 is 217 Å². The maximum Gasteiger partial charge on any atom is 0.217 e. The lowest BCUT2D eigenvalue weighted by Crippen LogP contribution is -2.71. The number of rotatable bonds is 15. The van der Waals surface area contributed by atoms with Gasteiger partial charge in [0.1, 0.15) is 134 Å². The van der Waals surface area contributed by atoms with E-state index in [1.54, 1.807) is 0 Å². The summed E-state index contributed by atoms with van der Waals surface area (Å²) >= 11 is 0. The Hall–Kier alpha value is -1.65. The highest BCUT2D eigenvalue weighted by molar-refractivity contribution is 5.73. The van der Waals surface area contributed by atoms with Crippen LogP contribution in [-0.4, -0.2) is 303 Å². The van der Waals surface area contributed by atoms with E-state index in [0.29, 0.717) is 0 Å². The summed E-state index contributed by atoms with van der Waals surface area (Å²) < 4.78 is 64.3. The summed E-state index contributed by atoms with van der Waals surface area (Å²) in [7, 11) is 0. The van der Waals surface area contributed by atoms with Gasteiger partial charge >= 0.3 is 0 Å². The third-order valence-corrected chi connectivity index (χ3v) is 12.8. The average molecular weight is 1000 g/mol. The first kappa shape index (κ1) is 55.7. The molecule has 0 radical (unpaired) electrons. The lowest BCUT2D eigenvalue weighted by molar-refractivity contribution is -0.402. The van der Waals surface area contributed by atoms with Crippen LogP contribution >= 0.6 is 0 Å². The van der Waals surface area contributed by atoms with Crippen molar-refractivity contribution in [1.82, 2.24) is 5.32 Å². The van der Waals surface area contributed by atoms with Crippen molar-refractivity contribution in [3.63, 3.8) is 0 Å². The monoisotopic (exact) mass is 999 g/mol. The topological polar surface area (TPSA) is 475 Å². The second-order valence-corrected chi connectivity index (χ2v) is 17.5. The summed E-state index contributed by atoms with van der Waals surface area (Å²) in [6.07, 6.45) is -53.9. The minimum absolute atomic E-state index is 0.879. The van der Waals surface area contributed by atoms with Crippen molar-refractivity contribution in [2.45, 2.75) is 205 Å². The molecule has 0 spiro atoms. The molecular formula is C38H65NO29. The van der Waals surface area contributed by atoms with Gasteiger partial charge in [0.25, 0.3) is 0 Å². The summed E-state index contributed by atoms with van der Waals surface area (Å²) in [6, 6.07) is -1.83. The second-order valence-electron chi connectivity index (χ2n) is 17.5. The molecule has 0 saturated carbocycles. The Labute approximate surface area is 386 Å². The van der Waals surface area contributed by atoms with E-state index in [4.69, 9.17) is 52.1 Å². The van der Waals surface area contributed by atoms with E-state index in [1.165, 1.54) is 13.8 Å². The predicted molar refractivity (Wildman–Crippen MR) is 208 cm³/mol. The molecule has 6 rings (SSSR count). The molecule has 30 heteroatoms. The van der Waals surface area contributed by atoms with Crippen molar-refractivity contribution in [2.75, 3.05) is 26.4 Å². The molecule has 30 nitrogen and oxygen atoms in total. The average Bonchev–Trinajstić information content (AvgIpc) is 3.31. The number of ether oxygens (including phenoxy) is 11. The van der Waals surface area contributed by atoms with Gasteiger partial charge in [0.15, 0.2) is 37.7 Å². The highest BCUT2D eigenvalue weighted by Crippen LogP contribution is 2.38. The van der Waals surface area contributed by atoms with Gasteiger partial charge in [-0.3, -0.25) is 4.79 Å². The van der Waals surface area contributed by atoms with E-state index in [1.807, 2.05) is 0 Å².